The molecule has 0 aromatic carbocycles. The molecule has 1 aromatic rings. The number of anilines is 1. The molecule has 0 unspecified atom stereocenters. The Morgan fingerprint density at radius 2 is 2.40 bits per heavy atom. The minimum atomic E-state index is 1.05. The monoisotopic (exact) mass is 137 g/mol. The Bertz CT molecular complexity index is 262. The first kappa shape index (κ1) is 5.77. The van der Waals surface area contributed by atoms with Gasteiger partial charge in [-0.3, -0.25) is 0 Å². The molecule has 10 heavy (non-hydrogen) atoms. The van der Waals surface area contributed by atoms with Crippen molar-refractivity contribution in [3.8, 4) is 0 Å². The second-order valence-electron chi connectivity index (χ2n) is 2.69. The van der Waals surface area contributed by atoms with Crippen molar-refractivity contribution in [3.05, 3.63) is 11.5 Å². The fourth-order valence-corrected chi connectivity index (χ4v) is 1.38. The molecule has 0 saturated carbocycles. The second-order valence-corrected chi connectivity index (χ2v) is 2.69. The van der Waals surface area contributed by atoms with E-state index in [0.717, 1.165) is 24.6 Å². The molecule has 2 heterocycles. The summed E-state index contributed by atoms with van der Waals surface area (Å²) < 4.78 is 2.15. The number of fused-ring (bicyclic) bond motifs is 1. The van der Waals surface area contributed by atoms with Gasteiger partial charge in [-0.15, -0.1) is 0 Å². The van der Waals surface area contributed by atoms with Gasteiger partial charge in [-0.25, -0.2) is 4.98 Å². The Labute approximate surface area is 60.1 Å². The Hall–Kier alpha value is -0.990. The summed E-state index contributed by atoms with van der Waals surface area (Å²) in [6.45, 7) is 3.08. The SMILES string of the molecule is Cc1nc2c(n1C)CCN2. The van der Waals surface area contributed by atoms with Gasteiger partial charge < -0.3 is 9.88 Å². The lowest BCUT2D eigenvalue weighted by molar-refractivity contribution is 0.796. The number of hydrogen-bond acceptors (Lipinski definition) is 2. The molecule has 0 radical (unpaired) electrons. The van der Waals surface area contributed by atoms with E-state index >= 15 is 0 Å². The van der Waals surface area contributed by atoms with Crippen LogP contribution in [0.1, 0.15) is 11.5 Å². The summed E-state index contributed by atoms with van der Waals surface area (Å²) in [6.07, 6.45) is 1.12. The van der Waals surface area contributed by atoms with Crippen molar-refractivity contribution in [3.63, 3.8) is 0 Å². The zero-order valence-electron chi connectivity index (χ0n) is 6.31. The Morgan fingerprint density at radius 1 is 1.60 bits per heavy atom. The number of aromatic nitrogens is 2. The number of aryl methyl sites for hydroxylation is 1. The fraction of sp³-hybridized carbons (Fsp3) is 0.571. The van der Waals surface area contributed by atoms with Crippen LogP contribution in [-0.2, 0) is 13.5 Å². The van der Waals surface area contributed by atoms with Gasteiger partial charge in [0, 0.05) is 20.0 Å². The molecule has 54 valence electrons. The standard InChI is InChI=1S/C7H11N3/c1-5-9-7-6(10(5)2)3-4-8-7/h8H,3-4H2,1-2H3. The van der Waals surface area contributed by atoms with E-state index in [-0.39, 0.29) is 0 Å². The van der Waals surface area contributed by atoms with Crippen molar-refractivity contribution < 1.29 is 0 Å². The largest absolute Gasteiger partial charge is 0.368 e. The molecule has 1 aliphatic rings. The van der Waals surface area contributed by atoms with Crippen LogP contribution in [0.25, 0.3) is 0 Å². The van der Waals surface area contributed by atoms with Crippen LogP contribution in [-0.4, -0.2) is 16.1 Å². The minimum Gasteiger partial charge on any atom is -0.368 e. The number of imidazole rings is 1. The highest BCUT2D eigenvalue weighted by atomic mass is 15.2. The topological polar surface area (TPSA) is 29.9 Å². The lowest BCUT2D eigenvalue weighted by Gasteiger charge is -1.96. The normalized spacial score (nSPS) is 15.0. The van der Waals surface area contributed by atoms with Gasteiger partial charge in [0.2, 0.25) is 0 Å². The van der Waals surface area contributed by atoms with E-state index in [0.29, 0.717) is 0 Å². The van der Waals surface area contributed by atoms with Gasteiger partial charge in [0.05, 0.1) is 5.69 Å². The van der Waals surface area contributed by atoms with Crippen molar-refractivity contribution in [2.75, 3.05) is 11.9 Å². The van der Waals surface area contributed by atoms with Crippen LogP contribution >= 0.6 is 0 Å². The van der Waals surface area contributed by atoms with E-state index in [2.05, 4.69) is 21.9 Å². The summed E-state index contributed by atoms with van der Waals surface area (Å²) in [5, 5.41) is 3.23. The van der Waals surface area contributed by atoms with E-state index < -0.39 is 0 Å². The highest BCUT2D eigenvalue weighted by molar-refractivity contribution is 5.47. The smallest absolute Gasteiger partial charge is 0.147 e. The van der Waals surface area contributed by atoms with Crippen LogP contribution in [0.5, 0.6) is 0 Å². The van der Waals surface area contributed by atoms with Gasteiger partial charge in [0.1, 0.15) is 11.6 Å². The van der Waals surface area contributed by atoms with Crippen molar-refractivity contribution in [1.29, 1.82) is 0 Å². The molecule has 0 bridgehead atoms. The maximum absolute atomic E-state index is 4.34. The molecule has 0 aliphatic carbocycles. The van der Waals surface area contributed by atoms with Gasteiger partial charge in [0.15, 0.2) is 0 Å². The van der Waals surface area contributed by atoms with Crippen LogP contribution in [0.2, 0.25) is 0 Å². The summed E-state index contributed by atoms with van der Waals surface area (Å²) in [5.74, 6) is 2.18. The number of hydrogen-bond donors (Lipinski definition) is 1. The van der Waals surface area contributed by atoms with Gasteiger partial charge >= 0.3 is 0 Å². The summed E-state index contributed by atoms with van der Waals surface area (Å²) in [5.41, 5.74) is 1.34. The first-order valence-electron chi connectivity index (χ1n) is 3.55. The lowest BCUT2D eigenvalue weighted by Crippen LogP contribution is -1.99. The quantitative estimate of drug-likeness (QED) is 0.570. The number of rotatable bonds is 0. The van der Waals surface area contributed by atoms with E-state index in [1.807, 2.05) is 6.92 Å². The maximum Gasteiger partial charge on any atom is 0.147 e. The molecule has 0 saturated heterocycles. The van der Waals surface area contributed by atoms with Crippen LogP contribution < -0.4 is 5.32 Å². The molecule has 0 spiro atoms. The van der Waals surface area contributed by atoms with Crippen LogP contribution in [0.4, 0.5) is 5.82 Å². The zero-order chi connectivity index (χ0) is 7.14. The summed E-state index contributed by atoms with van der Waals surface area (Å²) in [4.78, 5) is 4.34. The van der Waals surface area contributed by atoms with Crippen molar-refractivity contribution in [1.82, 2.24) is 9.55 Å². The minimum absolute atomic E-state index is 1.05. The first-order chi connectivity index (χ1) is 4.79. The third kappa shape index (κ3) is 0.574. The third-order valence-electron chi connectivity index (χ3n) is 2.09. The molecule has 0 fully saturated rings. The van der Waals surface area contributed by atoms with Gasteiger partial charge in [-0.2, -0.15) is 0 Å². The van der Waals surface area contributed by atoms with E-state index in [4.69, 9.17) is 0 Å². The van der Waals surface area contributed by atoms with Crippen LogP contribution in [0, 0.1) is 6.92 Å². The summed E-state index contributed by atoms with van der Waals surface area (Å²) in [6, 6.07) is 0. The van der Waals surface area contributed by atoms with Crippen LogP contribution in [0.3, 0.4) is 0 Å². The average molecular weight is 137 g/mol. The molecule has 1 aromatic heterocycles. The first-order valence-corrected chi connectivity index (χ1v) is 3.55. The molecule has 2 rings (SSSR count). The predicted molar refractivity (Wildman–Crippen MR) is 40.1 cm³/mol. The van der Waals surface area contributed by atoms with Gasteiger partial charge in [0.25, 0.3) is 0 Å². The van der Waals surface area contributed by atoms with Gasteiger partial charge in [-0.05, 0) is 6.92 Å². The Morgan fingerprint density at radius 3 is 3.10 bits per heavy atom. The molecule has 0 atom stereocenters. The summed E-state index contributed by atoms with van der Waals surface area (Å²) in [7, 11) is 2.06. The van der Waals surface area contributed by atoms with Crippen LogP contribution in [0.15, 0.2) is 0 Å². The van der Waals surface area contributed by atoms with E-state index in [9.17, 15) is 0 Å². The number of nitrogens with zero attached hydrogens (tertiary/aromatic N) is 2. The Kier molecular flexibility index (Phi) is 1.01. The zero-order valence-corrected chi connectivity index (χ0v) is 6.31. The van der Waals surface area contributed by atoms with E-state index in [1.165, 1.54) is 5.69 Å². The molecular formula is C7H11N3. The lowest BCUT2D eigenvalue weighted by atomic mass is 10.4. The predicted octanol–water partition coefficient (Wildman–Crippen LogP) is 0.697. The average Bonchev–Trinajstić information content (AvgIpc) is 2.41. The maximum atomic E-state index is 4.34. The van der Waals surface area contributed by atoms with Crippen molar-refractivity contribution in [2.45, 2.75) is 13.3 Å². The fourth-order valence-electron chi connectivity index (χ4n) is 1.38. The second kappa shape index (κ2) is 1.75. The molecule has 1 aliphatic heterocycles. The third-order valence-corrected chi connectivity index (χ3v) is 2.09. The summed E-state index contributed by atoms with van der Waals surface area (Å²) >= 11 is 0. The highest BCUT2D eigenvalue weighted by Crippen LogP contribution is 2.20. The van der Waals surface area contributed by atoms with E-state index in [1.54, 1.807) is 0 Å². The highest BCUT2D eigenvalue weighted by Gasteiger charge is 2.16. The molecular weight excluding hydrogens is 126 g/mol. The van der Waals surface area contributed by atoms with Crippen molar-refractivity contribution in [2.24, 2.45) is 7.05 Å². The van der Waals surface area contributed by atoms with Gasteiger partial charge in [-0.1, -0.05) is 0 Å². The molecule has 3 heteroatoms. The number of nitrogens with one attached hydrogen (secondary N) is 1. The van der Waals surface area contributed by atoms with Crippen molar-refractivity contribution >= 4 is 5.82 Å². The molecule has 1 N–H and O–H groups in total. The molecule has 0 amide bonds. The molecule has 3 nitrogen and oxygen atoms in total. The Balaban J connectivity index is 2.59.